The van der Waals surface area contributed by atoms with E-state index in [0.717, 1.165) is 10.0 Å². The number of hydrogen-bond donors (Lipinski definition) is 0. The van der Waals surface area contributed by atoms with Gasteiger partial charge < -0.3 is 9.15 Å². The first-order valence-electron chi connectivity index (χ1n) is 6.96. The van der Waals surface area contributed by atoms with Crippen LogP contribution in [0.5, 0.6) is 5.75 Å². The molecule has 25 heavy (non-hydrogen) atoms. The molecule has 0 fully saturated rings. The lowest BCUT2D eigenvalue weighted by Crippen LogP contribution is -2.11. The van der Waals surface area contributed by atoms with Crippen molar-refractivity contribution in [1.82, 2.24) is 0 Å². The van der Waals surface area contributed by atoms with Gasteiger partial charge in [-0.3, -0.25) is 0 Å². The fourth-order valence-corrected chi connectivity index (χ4v) is 2.97. The minimum atomic E-state index is -4.66. The SMILES string of the molecule is O=c1cc(C(F)(F)F)c2cc(Br)c(OCc3ccc(Br)cc3)cc2o1. The lowest BCUT2D eigenvalue weighted by atomic mass is 10.1. The van der Waals surface area contributed by atoms with Crippen LogP contribution in [-0.4, -0.2) is 0 Å². The largest absolute Gasteiger partial charge is 0.488 e. The summed E-state index contributed by atoms with van der Waals surface area (Å²) in [5.41, 5.74) is -1.42. The zero-order valence-corrected chi connectivity index (χ0v) is 15.5. The van der Waals surface area contributed by atoms with Gasteiger partial charge >= 0.3 is 11.8 Å². The summed E-state index contributed by atoms with van der Waals surface area (Å²) < 4.78 is 51.1. The predicted molar refractivity (Wildman–Crippen MR) is 93.7 cm³/mol. The first-order valence-corrected chi connectivity index (χ1v) is 8.54. The van der Waals surface area contributed by atoms with Crippen molar-refractivity contribution in [3.63, 3.8) is 0 Å². The highest BCUT2D eigenvalue weighted by atomic mass is 79.9. The summed E-state index contributed by atoms with van der Waals surface area (Å²) in [5.74, 6) is 0.276. The van der Waals surface area contributed by atoms with Crippen LogP contribution in [-0.2, 0) is 12.8 Å². The zero-order valence-electron chi connectivity index (χ0n) is 12.4. The number of rotatable bonds is 3. The van der Waals surface area contributed by atoms with Crippen molar-refractivity contribution in [2.45, 2.75) is 12.8 Å². The summed E-state index contributed by atoms with van der Waals surface area (Å²) in [6, 6.07) is 10.3. The van der Waals surface area contributed by atoms with E-state index in [4.69, 9.17) is 9.15 Å². The molecule has 0 atom stereocenters. The van der Waals surface area contributed by atoms with Crippen LogP contribution < -0.4 is 10.4 Å². The van der Waals surface area contributed by atoms with Gasteiger partial charge in [-0.15, -0.1) is 0 Å². The van der Waals surface area contributed by atoms with Crippen molar-refractivity contribution in [3.05, 3.63) is 73.0 Å². The smallest absolute Gasteiger partial charge is 0.417 e. The molecule has 1 aromatic heterocycles. The van der Waals surface area contributed by atoms with Crippen LogP contribution in [0.1, 0.15) is 11.1 Å². The summed E-state index contributed by atoms with van der Waals surface area (Å²) >= 11 is 6.53. The van der Waals surface area contributed by atoms with E-state index < -0.39 is 17.4 Å². The van der Waals surface area contributed by atoms with Gasteiger partial charge in [-0.05, 0) is 39.7 Å². The second-order valence-electron chi connectivity index (χ2n) is 5.17. The maximum absolute atomic E-state index is 13.1. The third-order valence-electron chi connectivity index (χ3n) is 3.41. The summed E-state index contributed by atoms with van der Waals surface area (Å²) in [6.07, 6.45) is -4.66. The van der Waals surface area contributed by atoms with Crippen molar-refractivity contribution in [1.29, 1.82) is 0 Å². The molecule has 8 heteroatoms. The molecule has 0 amide bonds. The highest BCUT2D eigenvalue weighted by Gasteiger charge is 2.34. The van der Waals surface area contributed by atoms with Crippen molar-refractivity contribution >= 4 is 42.8 Å². The van der Waals surface area contributed by atoms with Crippen LogP contribution in [0, 0.1) is 0 Å². The third kappa shape index (κ3) is 4.07. The predicted octanol–water partition coefficient (Wildman–Crippen LogP) is 5.92. The second kappa shape index (κ2) is 6.84. The van der Waals surface area contributed by atoms with E-state index in [0.29, 0.717) is 10.5 Å². The van der Waals surface area contributed by atoms with Crippen LogP contribution in [0.4, 0.5) is 13.2 Å². The van der Waals surface area contributed by atoms with E-state index in [9.17, 15) is 18.0 Å². The van der Waals surface area contributed by atoms with Gasteiger partial charge in [0.2, 0.25) is 0 Å². The Morgan fingerprint density at radius 3 is 2.36 bits per heavy atom. The highest BCUT2D eigenvalue weighted by molar-refractivity contribution is 9.10. The van der Waals surface area contributed by atoms with Gasteiger partial charge in [-0.1, -0.05) is 28.1 Å². The topological polar surface area (TPSA) is 39.4 Å². The van der Waals surface area contributed by atoms with E-state index >= 15 is 0 Å². The molecule has 3 nitrogen and oxygen atoms in total. The van der Waals surface area contributed by atoms with Crippen LogP contribution >= 0.6 is 31.9 Å². The van der Waals surface area contributed by atoms with Crippen LogP contribution in [0.3, 0.4) is 0 Å². The Bertz CT molecular complexity index is 979. The number of hydrogen-bond acceptors (Lipinski definition) is 3. The molecule has 3 aromatic rings. The van der Waals surface area contributed by atoms with Gasteiger partial charge in [0, 0.05) is 22.0 Å². The van der Waals surface area contributed by atoms with Crippen LogP contribution in [0.15, 0.2) is 60.6 Å². The van der Waals surface area contributed by atoms with Gasteiger partial charge in [0.15, 0.2) is 0 Å². The average Bonchev–Trinajstić information content (AvgIpc) is 2.53. The van der Waals surface area contributed by atoms with Crippen molar-refractivity contribution < 1.29 is 22.3 Å². The second-order valence-corrected chi connectivity index (χ2v) is 6.94. The molecule has 0 radical (unpaired) electrons. The van der Waals surface area contributed by atoms with Gasteiger partial charge in [-0.2, -0.15) is 13.2 Å². The number of benzene rings is 2. The van der Waals surface area contributed by atoms with Gasteiger partial charge in [0.05, 0.1) is 10.0 Å². The lowest BCUT2D eigenvalue weighted by molar-refractivity contribution is -0.136. The summed E-state index contributed by atoms with van der Waals surface area (Å²) in [6.45, 7) is 0.209. The Labute approximate surface area is 156 Å². The summed E-state index contributed by atoms with van der Waals surface area (Å²) in [4.78, 5) is 11.4. The highest BCUT2D eigenvalue weighted by Crippen LogP contribution is 2.38. The molecule has 0 unspecified atom stereocenters. The van der Waals surface area contributed by atoms with E-state index in [1.807, 2.05) is 24.3 Å². The number of alkyl halides is 3. The summed E-state index contributed by atoms with van der Waals surface area (Å²) in [5, 5.41) is -0.213. The zero-order chi connectivity index (χ0) is 18.2. The monoisotopic (exact) mass is 476 g/mol. The van der Waals surface area contributed by atoms with Gasteiger partial charge in [-0.25, -0.2) is 4.79 Å². The minimum Gasteiger partial charge on any atom is -0.488 e. The maximum atomic E-state index is 13.1. The van der Waals surface area contributed by atoms with Crippen molar-refractivity contribution in [2.24, 2.45) is 0 Å². The van der Waals surface area contributed by atoms with E-state index in [1.165, 1.54) is 12.1 Å². The molecule has 0 aliphatic heterocycles. The third-order valence-corrected chi connectivity index (χ3v) is 4.56. The first kappa shape index (κ1) is 18.0. The average molecular weight is 478 g/mol. The van der Waals surface area contributed by atoms with E-state index in [-0.39, 0.29) is 23.3 Å². The normalized spacial score (nSPS) is 11.7. The number of ether oxygens (including phenoxy) is 1. The molecular weight excluding hydrogens is 469 g/mol. The molecule has 0 N–H and O–H groups in total. The Balaban J connectivity index is 1.99. The molecule has 130 valence electrons. The van der Waals surface area contributed by atoms with Crippen LogP contribution in [0.25, 0.3) is 11.0 Å². The molecule has 0 aliphatic carbocycles. The molecule has 0 aliphatic rings. The molecule has 1 heterocycles. The molecule has 0 saturated carbocycles. The molecule has 0 spiro atoms. The standard InChI is InChI=1S/C17H9Br2F3O3/c18-10-3-1-9(2-4-10)8-24-15-7-14-11(5-13(15)19)12(17(20,21)22)6-16(23)25-14/h1-7H,8H2. The fraction of sp³-hybridized carbons (Fsp3) is 0.118. The maximum Gasteiger partial charge on any atom is 0.417 e. The van der Waals surface area contributed by atoms with E-state index in [2.05, 4.69) is 31.9 Å². The Kier molecular flexibility index (Phi) is 4.92. The Morgan fingerprint density at radius 1 is 1.04 bits per heavy atom. The lowest BCUT2D eigenvalue weighted by Gasteiger charge is -2.12. The molecule has 3 rings (SSSR count). The van der Waals surface area contributed by atoms with Gasteiger partial charge in [0.1, 0.15) is 17.9 Å². The molecular formula is C17H9Br2F3O3. The quantitative estimate of drug-likeness (QED) is 0.440. The van der Waals surface area contributed by atoms with Gasteiger partial charge in [0.25, 0.3) is 0 Å². The van der Waals surface area contributed by atoms with Crippen molar-refractivity contribution in [3.8, 4) is 5.75 Å². The molecule has 0 saturated heterocycles. The van der Waals surface area contributed by atoms with E-state index in [1.54, 1.807) is 0 Å². The Hall–Kier alpha value is -1.80. The minimum absolute atomic E-state index is 0.186. The first-order chi connectivity index (χ1) is 11.7. The van der Waals surface area contributed by atoms with Crippen molar-refractivity contribution in [2.75, 3.05) is 0 Å². The fourth-order valence-electron chi connectivity index (χ4n) is 2.25. The molecule has 2 aromatic carbocycles. The summed E-state index contributed by atoms with van der Waals surface area (Å²) in [7, 11) is 0. The molecule has 0 bridgehead atoms. The number of halogens is 5. The Morgan fingerprint density at radius 2 is 1.72 bits per heavy atom. The van der Waals surface area contributed by atoms with Crippen LogP contribution in [0.2, 0.25) is 0 Å². The number of fused-ring (bicyclic) bond motifs is 1.